The van der Waals surface area contributed by atoms with Gasteiger partial charge in [0.1, 0.15) is 11.0 Å². The number of hydrogen-bond donors (Lipinski definition) is 2. The standard InChI is InChI=1S/C21H26N2O5S/c1-14-9-10-15(2)18(12-14)29(26,27)19(17-8-5-11-28-17)13-22-20(24)21(25)23-16-6-3-4-7-16/h5,8-12,16,19H,3-4,6-7,13H2,1-2H3,(H,22,24)(H,23,25)/t19-/m0/s1. The van der Waals surface area contributed by atoms with Crippen LogP contribution in [0.25, 0.3) is 0 Å². The predicted octanol–water partition coefficient (Wildman–Crippen LogP) is 2.59. The Kier molecular flexibility index (Phi) is 6.42. The smallest absolute Gasteiger partial charge is 0.309 e. The minimum Gasteiger partial charge on any atom is -0.468 e. The van der Waals surface area contributed by atoms with E-state index in [1.807, 2.05) is 13.0 Å². The maximum absolute atomic E-state index is 13.4. The third-order valence-electron chi connectivity index (χ3n) is 5.23. The lowest BCUT2D eigenvalue weighted by atomic mass is 10.2. The van der Waals surface area contributed by atoms with Crippen molar-refractivity contribution in [2.45, 2.75) is 55.7 Å². The van der Waals surface area contributed by atoms with Gasteiger partial charge in [-0.15, -0.1) is 0 Å². The van der Waals surface area contributed by atoms with Crippen LogP contribution in [0.3, 0.4) is 0 Å². The first-order valence-electron chi connectivity index (χ1n) is 9.72. The molecule has 3 rings (SSSR count). The number of aryl methyl sites for hydroxylation is 2. The summed E-state index contributed by atoms with van der Waals surface area (Å²) in [7, 11) is -3.86. The van der Waals surface area contributed by atoms with E-state index in [4.69, 9.17) is 4.42 Å². The topological polar surface area (TPSA) is 105 Å². The second kappa shape index (κ2) is 8.82. The van der Waals surface area contributed by atoms with Crippen LogP contribution < -0.4 is 10.6 Å². The molecule has 1 aliphatic carbocycles. The Bertz CT molecular complexity index is 977. The van der Waals surface area contributed by atoms with Gasteiger partial charge in [0.2, 0.25) is 0 Å². The highest BCUT2D eigenvalue weighted by Crippen LogP contribution is 2.31. The molecular weight excluding hydrogens is 392 g/mol. The number of sulfone groups is 1. The molecule has 0 spiro atoms. The van der Waals surface area contributed by atoms with Gasteiger partial charge in [-0.25, -0.2) is 8.42 Å². The van der Waals surface area contributed by atoms with Crippen molar-refractivity contribution in [2.75, 3.05) is 6.54 Å². The lowest BCUT2D eigenvalue weighted by molar-refractivity contribution is -0.139. The minimum absolute atomic E-state index is 0.00722. The molecule has 2 aromatic rings. The SMILES string of the molecule is Cc1ccc(C)c(S(=O)(=O)[C@@H](CNC(=O)C(=O)NC2CCCC2)c2ccco2)c1. The lowest BCUT2D eigenvalue weighted by Gasteiger charge is -2.18. The number of furan rings is 1. The van der Waals surface area contributed by atoms with Gasteiger partial charge in [0.25, 0.3) is 0 Å². The Hall–Kier alpha value is -2.61. The highest BCUT2D eigenvalue weighted by atomic mass is 32.2. The average Bonchev–Trinajstić information content (AvgIpc) is 3.37. The van der Waals surface area contributed by atoms with Gasteiger partial charge in [0.05, 0.1) is 11.2 Å². The molecule has 156 valence electrons. The number of benzene rings is 1. The number of nitrogens with one attached hydrogen (secondary N) is 2. The molecule has 2 N–H and O–H groups in total. The van der Waals surface area contributed by atoms with Gasteiger partial charge in [-0.1, -0.05) is 25.0 Å². The van der Waals surface area contributed by atoms with Crippen LogP contribution in [0.15, 0.2) is 45.9 Å². The molecule has 0 unspecified atom stereocenters. The molecule has 1 aromatic carbocycles. The normalized spacial score (nSPS) is 15.8. The van der Waals surface area contributed by atoms with Gasteiger partial charge >= 0.3 is 11.8 Å². The maximum Gasteiger partial charge on any atom is 0.309 e. The Balaban J connectivity index is 1.78. The van der Waals surface area contributed by atoms with Crippen molar-refractivity contribution in [3.63, 3.8) is 0 Å². The molecule has 0 saturated heterocycles. The van der Waals surface area contributed by atoms with Gasteiger partial charge in [0.15, 0.2) is 9.84 Å². The first kappa shape index (κ1) is 21.1. The van der Waals surface area contributed by atoms with E-state index >= 15 is 0 Å². The molecule has 1 heterocycles. The summed E-state index contributed by atoms with van der Waals surface area (Å²) in [6.45, 7) is 3.27. The van der Waals surface area contributed by atoms with Gasteiger partial charge < -0.3 is 15.1 Å². The Morgan fingerprint density at radius 3 is 2.52 bits per heavy atom. The minimum atomic E-state index is -3.86. The van der Waals surface area contributed by atoms with E-state index in [1.54, 1.807) is 31.2 Å². The van der Waals surface area contributed by atoms with E-state index in [0.717, 1.165) is 31.2 Å². The van der Waals surface area contributed by atoms with E-state index in [-0.39, 0.29) is 23.2 Å². The zero-order valence-electron chi connectivity index (χ0n) is 16.6. The molecular formula is C21H26N2O5S. The highest BCUT2D eigenvalue weighted by molar-refractivity contribution is 7.91. The van der Waals surface area contributed by atoms with Crippen molar-refractivity contribution in [1.82, 2.24) is 10.6 Å². The molecule has 0 aliphatic heterocycles. The summed E-state index contributed by atoms with van der Waals surface area (Å²) in [6, 6.07) is 8.34. The fourth-order valence-electron chi connectivity index (χ4n) is 3.59. The molecule has 1 atom stereocenters. The molecule has 2 amide bonds. The Morgan fingerprint density at radius 2 is 1.86 bits per heavy atom. The van der Waals surface area contributed by atoms with Crippen LogP contribution in [0, 0.1) is 13.8 Å². The third-order valence-corrected chi connectivity index (χ3v) is 7.43. The van der Waals surface area contributed by atoms with Crippen molar-refractivity contribution >= 4 is 21.7 Å². The number of carbonyl (C=O) groups is 2. The van der Waals surface area contributed by atoms with Crippen molar-refractivity contribution in [1.29, 1.82) is 0 Å². The first-order chi connectivity index (χ1) is 13.8. The van der Waals surface area contributed by atoms with Crippen molar-refractivity contribution in [2.24, 2.45) is 0 Å². The monoisotopic (exact) mass is 418 g/mol. The summed E-state index contributed by atoms with van der Waals surface area (Å²) >= 11 is 0. The molecule has 29 heavy (non-hydrogen) atoms. The van der Waals surface area contributed by atoms with E-state index in [0.29, 0.717) is 5.56 Å². The summed E-state index contributed by atoms with van der Waals surface area (Å²) in [4.78, 5) is 24.5. The van der Waals surface area contributed by atoms with Gasteiger partial charge in [-0.3, -0.25) is 9.59 Å². The molecule has 1 aromatic heterocycles. The van der Waals surface area contributed by atoms with Crippen LogP contribution >= 0.6 is 0 Å². The molecule has 8 heteroatoms. The van der Waals surface area contributed by atoms with Crippen LogP contribution in [0.1, 0.15) is 47.8 Å². The average molecular weight is 419 g/mol. The maximum atomic E-state index is 13.4. The molecule has 0 bridgehead atoms. The predicted molar refractivity (Wildman–Crippen MR) is 108 cm³/mol. The Morgan fingerprint density at radius 1 is 1.14 bits per heavy atom. The van der Waals surface area contributed by atoms with E-state index in [1.165, 1.54) is 6.26 Å². The zero-order valence-corrected chi connectivity index (χ0v) is 17.4. The van der Waals surface area contributed by atoms with Crippen molar-refractivity contribution < 1.29 is 22.4 Å². The number of hydrogen-bond acceptors (Lipinski definition) is 5. The molecule has 1 aliphatic rings. The third kappa shape index (κ3) is 4.87. The molecule has 1 fully saturated rings. The summed E-state index contributed by atoms with van der Waals surface area (Å²) in [6.07, 6.45) is 5.15. The summed E-state index contributed by atoms with van der Waals surface area (Å²) in [5.41, 5.74) is 1.42. The zero-order chi connectivity index (χ0) is 21.0. The fourth-order valence-corrected chi connectivity index (χ4v) is 5.51. The van der Waals surface area contributed by atoms with Crippen LogP contribution in [0.2, 0.25) is 0 Å². The van der Waals surface area contributed by atoms with Crippen LogP contribution in [0.5, 0.6) is 0 Å². The van der Waals surface area contributed by atoms with Crippen molar-refractivity contribution in [3.05, 3.63) is 53.5 Å². The largest absolute Gasteiger partial charge is 0.468 e. The summed E-state index contributed by atoms with van der Waals surface area (Å²) < 4.78 is 32.0. The summed E-state index contributed by atoms with van der Waals surface area (Å²) in [5, 5.41) is 4.03. The second-order valence-corrected chi connectivity index (χ2v) is 9.58. The second-order valence-electron chi connectivity index (χ2n) is 7.48. The quantitative estimate of drug-likeness (QED) is 0.702. The lowest BCUT2D eigenvalue weighted by Crippen LogP contribution is -2.45. The fraction of sp³-hybridized carbons (Fsp3) is 0.429. The summed E-state index contributed by atoms with van der Waals surface area (Å²) in [5.74, 6) is -1.37. The molecule has 1 saturated carbocycles. The van der Waals surface area contributed by atoms with Gasteiger partial charge in [-0.2, -0.15) is 0 Å². The van der Waals surface area contributed by atoms with Crippen LogP contribution in [0.4, 0.5) is 0 Å². The number of carbonyl (C=O) groups excluding carboxylic acids is 2. The van der Waals surface area contributed by atoms with E-state index < -0.39 is 26.9 Å². The van der Waals surface area contributed by atoms with Gasteiger partial charge in [0, 0.05) is 12.6 Å². The first-order valence-corrected chi connectivity index (χ1v) is 11.3. The van der Waals surface area contributed by atoms with Crippen molar-refractivity contribution in [3.8, 4) is 0 Å². The number of rotatable bonds is 6. The molecule has 0 radical (unpaired) electrons. The molecule has 7 nitrogen and oxygen atoms in total. The number of amides is 2. The van der Waals surface area contributed by atoms with Crippen LogP contribution in [-0.2, 0) is 19.4 Å². The Labute approximate surface area is 170 Å². The highest BCUT2D eigenvalue weighted by Gasteiger charge is 2.33. The van der Waals surface area contributed by atoms with E-state index in [2.05, 4.69) is 10.6 Å². The van der Waals surface area contributed by atoms with Crippen LogP contribution in [-0.4, -0.2) is 32.8 Å². The van der Waals surface area contributed by atoms with Gasteiger partial charge in [-0.05, 0) is 56.0 Å². The van der Waals surface area contributed by atoms with E-state index in [9.17, 15) is 18.0 Å².